The van der Waals surface area contributed by atoms with Crippen LogP contribution in [0, 0.1) is 51.8 Å². The number of ether oxygens (including phenoxy) is 9. The van der Waals surface area contributed by atoms with Gasteiger partial charge < -0.3 is 78.4 Å². The maximum absolute atomic E-state index is 12.1. The van der Waals surface area contributed by atoms with Gasteiger partial charge in [-0.1, -0.05) is 62.3 Å². The number of carbonyl (C=O) groups excluding carboxylic acids is 3. The van der Waals surface area contributed by atoms with Crippen LogP contribution in [0.2, 0.25) is 0 Å². The summed E-state index contributed by atoms with van der Waals surface area (Å²) in [5, 5.41) is 79.8. The van der Waals surface area contributed by atoms with Gasteiger partial charge in [-0.15, -0.1) is 11.6 Å². The van der Waals surface area contributed by atoms with Crippen molar-refractivity contribution in [2.75, 3.05) is 19.8 Å². The first-order chi connectivity index (χ1) is 37.6. The van der Waals surface area contributed by atoms with E-state index >= 15 is 0 Å². The molecular weight excluding hydrogens is 1060 g/mol. The third-order valence-electron chi connectivity index (χ3n) is 26.6. The summed E-state index contributed by atoms with van der Waals surface area (Å²) < 4.78 is 52.8. The van der Waals surface area contributed by atoms with Gasteiger partial charge in [0, 0.05) is 33.0 Å². The molecule has 0 bridgehead atoms. The smallest absolute Gasteiger partial charge is 0.334 e. The molecule has 18 aliphatic rings. The lowest BCUT2D eigenvalue weighted by Crippen LogP contribution is -2.79. The standard InChI is InChI=1S/C20H25ClO6.C20H26O7.C20H26O6/c1-8(2)18(24)13(21)14-20(27-14)17(3)5-4-9-10(7-25-15(9)22)11(17)6-12-19(20,26-12)16(18)23;1-8(2)18-14(27-18)13(21)20(24)17(3)5-4-9-10(7-25-15(9)22)11(17)6-12-19(20,26-12)16(18)23;1-9(2)19-13(25-19)14-20(26-14)17(3)6-4-10-11(8-24-15(10)21)12(17)5-7-18(20,23)16(19)22/h8,11-14,16,23-24H,4-7H2,1-3H3;8,11-14,16,21,23-24H,4-7H2,1-3H3;9,12-14,16,22-23H,4-8H2,1-3H3/t11-,12-,13+,14-,16+,17-,18-,19+,20+;11-,12-,13-,14-,16+,17-,18-,19+,20+;12-,13-,14-,16-,17-,18+,19-,20+/m000/s1. The number of halogens is 1. The molecular formula is C60H77ClO19. The Kier molecular flexibility index (Phi) is 10.0. The molecule has 4 spiro atoms. The van der Waals surface area contributed by atoms with Gasteiger partial charge in [0.1, 0.15) is 108 Å². The third kappa shape index (κ3) is 5.16. The summed E-state index contributed by atoms with van der Waals surface area (Å²) in [5.74, 6) is -0.625. The van der Waals surface area contributed by atoms with Crippen LogP contribution in [0.1, 0.15) is 127 Å². The van der Waals surface area contributed by atoms with Gasteiger partial charge in [-0.3, -0.25) is 0 Å². The van der Waals surface area contributed by atoms with Crippen molar-refractivity contribution in [1.29, 1.82) is 0 Å². The molecule has 6 saturated carbocycles. The van der Waals surface area contributed by atoms with Crippen molar-refractivity contribution in [3.8, 4) is 0 Å². The Bertz CT molecular complexity index is 3010. The number of epoxide rings is 6. The number of rotatable bonds is 3. The van der Waals surface area contributed by atoms with Crippen LogP contribution in [0.25, 0.3) is 0 Å². The summed E-state index contributed by atoms with van der Waals surface area (Å²) in [6, 6.07) is 0. The van der Waals surface area contributed by atoms with E-state index in [-0.39, 0.29) is 101 Å². The van der Waals surface area contributed by atoms with Crippen molar-refractivity contribution in [2.45, 2.75) is 243 Å². The predicted octanol–water partition coefficient (Wildman–Crippen LogP) is 2.45. The highest BCUT2D eigenvalue weighted by molar-refractivity contribution is 6.22. The van der Waals surface area contributed by atoms with Gasteiger partial charge >= 0.3 is 17.9 Å². The van der Waals surface area contributed by atoms with Gasteiger partial charge in [-0.2, -0.15) is 0 Å². The molecule has 26 atom stereocenters. The van der Waals surface area contributed by atoms with Crippen LogP contribution in [0.3, 0.4) is 0 Å². The van der Waals surface area contributed by atoms with Gasteiger partial charge in [0.15, 0.2) is 11.2 Å². The Balaban J connectivity index is 0.0000000996. The molecule has 438 valence electrons. The SMILES string of the molecule is CC(C)[C@]1(O)[C@H](Cl)[C@@H]2O[C@]23[C@]2(O[C@H]2C[C@H]2C4=C(CC[C@@]23C)C(=O)OC4)[C@@H]1O.CC(C)[C@]12O[C@H]1[C@@H]1O[C@@]13[C@@]1(C)CCC4=C(COC4=O)[C@@H]1CC[C@@]3(O)[C@@H]2O.CC(C)[C@]12O[C@H]1[C@H](O)[C@]1(O)[C@]3(O[C@H]3C[C@H]3C4=C(CC[C@@]31C)C(=O)OC4)[C@@H]2O. The zero-order valence-corrected chi connectivity index (χ0v) is 47.7. The fourth-order valence-corrected chi connectivity index (χ4v) is 22.6. The number of hydrogen-bond donors (Lipinski definition) is 7. The molecule has 20 heteroatoms. The number of alkyl halides is 1. The lowest BCUT2D eigenvalue weighted by molar-refractivity contribution is -0.256. The third-order valence-corrected chi connectivity index (χ3v) is 27.2. The number of aliphatic hydroxyl groups is 7. The van der Waals surface area contributed by atoms with E-state index in [1.54, 1.807) is 0 Å². The minimum Gasteiger partial charge on any atom is -0.458 e. The maximum Gasteiger partial charge on any atom is 0.334 e. The van der Waals surface area contributed by atoms with E-state index in [4.69, 9.17) is 54.2 Å². The second-order valence-corrected chi connectivity index (χ2v) is 29.9. The highest BCUT2D eigenvalue weighted by atomic mass is 35.5. The average Bonchev–Trinajstić information content (AvgIpc) is 1.61. The number of carbonyl (C=O) groups is 3. The molecule has 18 rings (SSSR count). The van der Waals surface area contributed by atoms with Gasteiger partial charge in [0.2, 0.25) is 0 Å². The normalized spacial score (nSPS) is 59.8. The first kappa shape index (κ1) is 52.9. The van der Waals surface area contributed by atoms with Crippen molar-refractivity contribution in [1.82, 2.24) is 0 Å². The van der Waals surface area contributed by atoms with Crippen LogP contribution in [0.15, 0.2) is 33.4 Å². The predicted molar refractivity (Wildman–Crippen MR) is 274 cm³/mol. The zero-order valence-electron chi connectivity index (χ0n) is 46.9. The van der Waals surface area contributed by atoms with Gasteiger partial charge in [0.05, 0.1) is 17.6 Å². The number of fused-ring (bicyclic) bond motifs is 10. The Morgan fingerprint density at radius 2 is 0.963 bits per heavy atom. The molecule has 80 heavy (non-hydrogen) atoms. The van der Waals surface area contributed by atoms with Crippen LogP contribution >= 0.6 is 11.6 Å². The minimum absolute atomic E-state index is 0.0111. The molecule has 9 heterocycles. The van der Waals surface area contributed by atoms with Gasteiger partial charge in [0.25, 0.3) is 0 Å². The Morgan fingerprint density at radius 1 is 0.500 bits per heavy atom. The van der Waals surface area contributed by atoms with Crippen LogP contribution in [0.5, 0.6) is 0 Å². The molecule has 12 fully saturated rings. The van der Waals surface area contributed by atoms with Crippen molar-refractivity contribution in [2.24, 2.45) is 51.8 Å². The Hall–Kier alpha value is -2.60. The van der Waals surface area contributed by atoms with E-state index in [2.05, 4.69) is 13.8 Å². The number of hydrogen-bond acceptors (Lipinski definition) is 19. The van der Waals surface area contributed by atoms with Crippen LogP contribution in [-0.4, -0.2) is 190 Å². The monoisotopic (exact) mass is 1140 g/mol. The summed E-state index contributed by atoms with van der Waals surface area (Å²) in [6.07, 6.45) is 0.307. The fraction of sp³-hybridized carbons (Fsp3) is 0.850. The minimum atomic E-state index is -1.64. The molecule has 0 aromatic carbocycles. The van der Waals surface area contributed by atoms with Crippen LogP contribution < -0.4 is 0 Å². The summed E-state index contributed by atoms with van der Waals surface area (Å²) in [4.78, 5) is 36.2. The molecule has 0 aromatic heterocycles. The highest BCUT2D eigenvalue weighted by Gasteiger charge is 2.98. The quantitative estimate of drug-likeness (QED) is 0.0924. The van der Waals surface area contributed by atoms with Gasteiger partial charge in [-0.05, 0) is 116 Å². The van der Waals surface area contributed by atoms with E-state index < -0.39 is 91.7 Å². The summed E-state index contributed by atoms with van der Waals surface area (Å²) >= 11 is 6.75. The summed E-state index contributed by atoms with van der Waals surface area (Å²) in [6.45, 7) is 19.0. The Labute approximate surface area is 468 Å². The molecule has 9 aliphatic heterocycles. The largest absolute Gasteiger partial charge is 0.458 e. The molecule has 19 nitrogen and oxygen atoms in total. The first-order valence-electron chi connectivity index (χ1n) is 29.8. The molecule has 6 saturated heterocycles. The maximum atomic E-state index is 12.1. The Morgan fingerprint density at radius 3 is 1.51 bits per heavy atom. The summed E-state index contributed by atoms with van der Waals surface area (Å²) in [7, 11) is 0. The molecule has 0 unspecified atom stereocenters. The molecule has 0 radical (unpaired) electrons. The highest BCUT2D eigenvalue weighted by Crippen LogP contribution is 2.82. The van der Waals surface area contributed by atoms with E-state index in [1.807, 2.05) is 48.5 Å². The van der Waals surface area contributed by atoms with Gasteiger partial charge in [-0.25, -0.2) is 14.4 Å². The molecule has 0 aromatic rings. The average molecular weight is 1140 g/mol. The number of aliphatic hydroxyl groups excluding tert-OH is 4. The van der Waals surface area contributed by atoms with Crippen LogP contribution in [0.4, 0.5) is 0 Å². The zero-order chi connectivity index (χ0) is 56.6. The molecule has 9 aliphatic carbocycles. The van der Waals surface area contributed by atoms with Crippen LogP contribution in [-0.2, 0) is 57.0 Å². The van der Waals surface area contributed by atoms with Crippen molar-refractivity contribution in [3.63, 3.8) is 0 Å². The number of esters is 3. The number of cyclic esters (lactones) is 3. The lowest BCUT2D eigenvalue weighted by Gasteiger charge is -2.61. The van der Waals surface area contributed by atoms with E-state index in [0.717, 1.165) is 52.7 Å². The fourth-order valence-electron chi connectivity index (χ4n) is 22.0. The van der Waals surface area contributed by atoms with E-state index in [9.17, 15) is 50.1 Å². The lowest BCUT2D eigenvalue weighted by atomic mass is 9.44. The summed E-state index contributed by atoms with van der Waals surface area (Å²) in [5.41, 5.74) is -5.48. The van der Waals surface area contributed by atoms with Crippen molar-refractivity contribution >= 4 is 29.5 Å². The van der Waals surface area contributed by atoms with E-state index in [0.29, 0.717) is 58.2 Å². The van der Waals surface area contributed by atoms with E-state index in [1.165, 1.54) is 0 Å². The first-order valence-corrected chi connectivity index (χ1v) is 30.3. The second kappa shape index (κ2) is 15.1. The molecule has 0 amide bonds. The topological polar surface area (TPSA) is 296 Å². The molecule has 7 N–H and O–H groups in total. The van der Waals surface area contributed by atoms with Crippen molar-refractivity contribution in [3.05, 3.63) is 33.4 Å². The second-order valence-electron chi connectivity index (χ2n) is 29.4. The van der Waals surface area contributed by atoms with Crippen molar-refractivity contribution < 1.29 is 92.8 Å².